The van der Waals surface area contributed by atoms with Crippen molar-refractivity contribution in [3.05, 3.63) is 35.4 Å². The quantitative estimate of drug-likeness (QED) is 0.608. The van der Waals surface area contributed by atoms with Gasteiger partial charge in [-0.3, -0.25) is 4.79 Å². The van der Waals surface area contributed by atoms with Gasteiger partial charge in [-0.25, -0.2) is 0 Å². The van der Waals surface area contributed by atoms with E-state index in [1.807, 2.05) is 25.1 Å². The Labute approximate surface area is 69.1 Å². The van der Waals surface area contributed by atoms with Crippen molar-refractivity contribution in [1.82, 2.24) is 4.98 Å². The molecule has 0 saturated carbocycles. The Morgan fingerprint density at radius 2 is 2.09 bits per heavy atom. The van der Waals surface area contributed by atoms with Crippen LogP contribution in [0.1, 0.15) is 15.9 Å². The summed E-state index contributed by atoms with van der Waals surface area (Å²) in [6, 6.07) is 7.42. The van der Waals surface area contributed by atoms with Crippen molar-refractivity contribution in [2.75, 3.05) is 0 Å². The Morgan fingerprint density at radius 3 is 2.64 bits per heavy atom. The fraction of sp³-hybridized carbons (Fsp3) is 0.125. The molecule has 1 aromatic rings. The monoisotopic (exact) mass is 162 g/mol. The summed E-state index contributed by atoms with van der Waals surface area (Å²) < 4.78 is 0. The normalized spacial score (nSPS) is 9.27. The van der Waals surface area contributed by atoms with E-state index in [9.17, 15) is 4.79 Å². The molecular weight excluding hydrogens is 154 g/mol. The molecule has 0 aliphatic rings. The van der Waals surface area contributed by atoms with E-state index in [1.165, 1.54) is 0 Å². The first kappa shape index (κ1) is 8.01. The molecule has 1 N–H and O–H groups in total. The van der Waals surface area contributed by atoms with Gasteiger partial charge in [0.15, 0.2) is 10.4 Å². The molecule has 0 bridgehead atoms. The first-order valence-electron chi connectivity index (χ1n) is 3.28. The smallest absolute Gasteiger partial charge is 0.243 e. The summed E-state index contributed by atoms with van der Waals surface area (Å²) in [5, 5.41) is 0. The third kappa shape index (κ3) is 1.68. The molecule has 11 heavy (non-hydrogen) atoms. The Bertz CT molecular complexity index is 273. The van der Waals surface area contributed by atoms with Crippen LogP contribution < -0.4 is 4.98 Å². The number of hydrogen-bond donors (Lipinski definition) is 1. The van der Waals surface area contributed by atoms with Crippen molar-refractivity contribution < 1.29 is 4.79 Å². The molecule has 1 rings (SSSR count). The molecule has 0 atom stereocenters. The molecule has 0 unspecified atom stereocenters. The Balaban J connectivity index is 3.03. The van der Waals surface area contributed by atoms with E-state index in [0.29, 0.717) is 5.56 Å². The van der Waals surface area contributed by atoms with Crippen LogP contribution in [0.25, 0.3) is 0 Å². The van der Waals surface area contributed by atoms with Gasteiger partial charge in [0, 0.05) is 5.56 Å². The highest BCUT2D eigenvalue weighted by atomic mass is 28.2. The van der Waals surface area contributed by atoms with Crippen molar-refractivity contribution in [2.24, 2.45) is 0 Å². The summed E-state index contributed by atoms with van der Waals surface area (Å²) in [6.45, 7) is 1.90. The zero-order chi connectivity index (χ0) is 8.27. The third-order valence-corrected chi connectivity index (χ3v) is 1.73. The summed E-state index contributed by atoms with van der Waals surface area (Å²) in [5.41, 5.74) is 1.67. The second-order valence-corrected chi connectivity index (χ2v) is 2.52. The molecule has 2 nitrogen and oxygen atoms in total. The number of carbonyl (C=O) groups is 1. The number of hydrogen-bond acceptors (Lipinski definition) is 1. The summed E-state index contributed by atoms with van der Waals surface area (Å²) in [7, 11) is 2.93. The number of carbonyl (C=O) groups excluding carboxylic acids is 1. The predicted octanol–water partition coefficient (Wildman–Crippen LogP) is 0.808. The van der Waals surface area contributed by atoms with Gasteiger partial charge < -0.3 is 4.98 Å². The van der Waals surface area contributed by atoms with Gasteiger partial charge in [-0.1, -0.05) is 18.2 Å². The molecule has 0 aliphatic heterocycles. The van der Waals surface area contributed by atoms with Crippen molar-refractivity contribution in [3.8, 4) is 0 Å². The topological polar surface area (TPSA) is 29.1 Å². The van der Waals surface area contributed by atoms with Crippen LogP contribution >= 0.6 is 0 Å². The number of benzene rings is 1. The maximum atomic E-state index is 11.1. The summed E-state index contributed by atoms with van der Waals surface area (Å²) in [4.78, 5) is 13.5. The van der Waals surface area contributed by atoms with Crippen LogP contribution in [0.15, 0.2) is 24.3 Å². The van der Waals surface area contributed by atoms with Crippen LogP contribution in [0, 0.1) is 6.92 Å². The largest absolute Gasteiger partial charge is 0.379 e. The average molecular weight is 162 g/mol. The minimum atomic E-state index is -0.111. The fourth-order valence-electron chi connectivity index (χ4n) is 0.895. The van der Waals surface area contributed by atoms with Crippen molar-refractivity contribution in [2.45, 2.75) is 6.92 Å². The van der Waals surface area contributed by atoms with Gasteiger partial charge >= 0.3 is 0 Å². The van der Waals surface area contributed by atoms with Crippen LogP contribution in [-0.2, 0) is 0 Å². The zero-order valence-corrected chi connectivity index (χ0v) is 7.22. The molecule has 0 spiro atoms. The van der Waals surface area contributed by atoms with E-state index in [2.05, 4.69) is 15.4 Å². The molecule has 55 valence electrons. The standard InChI is InChI=1S/C8H8NOSi/c1-6-4-2-3-5-7(6)8(10)9-11/h2-5H,1H3,(H,9,10). The van der Waals surface area contributed by atoms with Crippen LogP contribution in [0.2, 0.25) is 0 Å². The van der Waals surface area contributed by atoms with Gasteiger partial charge in [-0.05, 0) is 18.6 Å². The second-order valence-electron chi connectivity index (χ2n) is 2.27. The highest BCUT2D eigenvalue weighted by Crippen LogP contribution is 2.05. The highest BCUT2D eigenvalue weighted by Gasteiger charge is 2.03. The third-order valence-electron chi connectivity index (χ3n) is 1.50. The SMILES string of the molecule is Cc1ccccc1C(=O)N[Si]. The molecule has 0 aliphatic carbocycles. The van der Waals surface area contributed by atoms with E-state index in [0.717, 1.165) is 5.56 Å². The number of rotatable bonds is 1. The maximum Gasteiger partial charge on any atom is 0.243 e. The van der Waals surface area contributed by atoms with E-state index in [1.54, 1.807) is 6.07 Å². The lowest BCUT2D eigenvalue weighted by molar-refractivity contribution is 0.0981. The number of aryl methyl sites for hydroxylation is 1. The van der Waals surface area contributed by atoms with Crippen molar-refractivity contribution in [1.29, 1.82) is 0 Å². The molecule has 1 aromatic carbocycles. The van der Waals surface area contributed by atoms with Crippen LogP contribution in [-0.4, -0.2) is 16.3 Å². The van der Waals surface area contributed by atoms with Gasteiger partial charge in [0.1, 0.15) is 0 Å². The van der Waals surface area contributed by atoms with Gasteiger partial charge in [0.05, 0.1) is 0 Å². The van der Waals surface area contributed by atoms with Crippen molar-refractivity contribution in [3.63, 3.8) is 0 Å². The van der Waals surface area contributed by atoms with Gasteiger partial charge in [0.25, 0.3) is 0 Å². The molecule has 1 amide bonds. The lowest BCUT2D eigenvalue weighted by Gasteiger charge is -2.01. The molecule has 0 aromatic heterocycles. The first-order chi connectivity index (χ1) is 5.25. The number of amides is 1. The maximum absolute atomic E-state index is 11.1. The number of nitrogens with one attached hydrogen (secondary N) is 1. The Kier molecular flexibility index (Phi) is 2.43. The summed E-state index contributed by atoms with van der Waals surface area (Å²) >= 11 is 0. The summed E-state index contributed by atoms with van der Waals surface area (Å²) in [6.07, 6.45) is 0. The van der Waals surface area contributed by atoms with Gasteiger partial charge in [-0.15, -0.1) is 0 Å². The summed E-state index contributed by atoms with van der Waals surface area (Å²) in [5.74, 6) is -0.111. The molecule has 0 saturated heterocycles. The molecule has 0 fully saturated rings. The lowest BCUT2D eigenvalue weighted by atomic mass is 10.1. The van der Waals surface area contributed by atoms with Gasteiger partial charge in [0.2, 0.25) is 5.91 Å². The Morgan fingerprint density at radius 1 is 1.45 bits per heavy atom. The minimum absolute atomic E-state index is 0.111. The molecule has 3 heteroatoms. The lowest BCUT2D eigenvalue weighted by Crippen LogP contribution is -2.20. The van der Waals surface area contributed by atoms with Crippen LogP contribution in [0.4, 0.5) is 0 Å². The average Bonchev–Trinajstić information content (AvgIpc) is 2.04. The van der Waals surface area contributed by atoms with Crippen molar-refractivity contribution >= 4 is 16.3 Å². The minimum Gasteiger partial charge on any atom is -0.379 e. The van der Waals surface area contributed by atoms with E-state index in [-0.39, 0.29) is 5.91 Å². The van der Waals surface area contributed by atoms with E-state index >= 15 is 0 Å². The fourth-order valence-corrected chi connectivity index (χ4v) is 1.03. The predicted molar refractivity (Wildman–Crippen MR) is 44.4 cm³/mol. The van der Waals surface area contributed by atoms with E-state index in [4.69, 9.17) is 0 Å². The van der Waals surface area contributed by atoms with Crippen LogP contribution in [0.5, 0.6) is 0 Å². The highest BCUT2D eigenvalue weighted by molar-refractivity contribution is 6.18. The Hall–Kier alpha value is -1.09. The zero-order valence-electron chi connectivity index (χ0n) is 6.22. The molecular formula is C8H8NOSi. The van der Waals surface area contributed by atoms with E-state index < -0.39 is 0 Å². The second kappa shape index (κ2) is 3.34. The van der Waals surface area contributed by atoms with Crippen LogP contribution in [0.3, 0.4) is 0 Å². The molecule has 0 heterocycles. The molecule has 3 radical (unpaired) electrons. The van der Waals surface area contributed by atoms with Gasteiger partial charge in [-0.2, -0.15) is 0 Å². The first-order valence-corrected chi connectivity index (χ1v) is 3.78.